The zero-order valence-electron chi connectivity index (χ0n) is 53.9. The molecule has 97 heavy (non-hydrogen) atoms. The van der Waals surface area contributed by atoms with Gasteiger partial charge in [0.15, 0.2) is 11.8 Å². The number of para-hydroxylation sites is 3. The van der Waals surface area contributed by atoms with Crippen molar-refractivity contribution in [1.82, 2.24) is 0 Å². The number of pyridine rings is 1. The van der Waals surface area contributed by atoms with Gasteiger partial charge in [0, 0.05) is 97.7 Å². The molecule has 0 fully saturated rings. The fourth-order valence-corrected chi connectivity index (χ4v) is 17.2. The third kappa shape index (κ3) is 10.6. The van der Waals surface area contributed by atoms with Crippen LogP contribution in [0.4, 0.5) is 17.6 Å². The minimum Gasteiger partial charge on any atom is -0.456 e. The summed E-state index contributed by atoms with van der Waals surface area (Å²) in [5.74, 6) is -1.12. The molecule has 8 nitrogen and oxygen atoms in total. The Hall–Kier alpha value is -10.8. The number of fused-ring (bicyclic) bond motifs is 15. The highest BCUT2D eigenvalue weighted by molar-refractivity contribution is 7.22. The number of nitrogens with zero attached hydrogens (tertiary/aromatic N) is 4. The van der Waals surface area contributed by atoms with E-state index in [9.17, 15) is 17.6 Å². The van der Waals surface area contributed by atoms with Gasteiger partial charge in [0.25, 0.3) is 15.0 Å². The monoisotopic (exact) mass is 1340 g/mol. The Morgan fingerprint density at radius 1 is 0.299 bits per heavy atom. The Balaban J connectivity index is 0.000000102. The maximum atomic E-state index is 13.6. The first-order valence-electron chi connectivity index (χ1n) is 31.6. The highest BCUT2D eigenvalue weighted by atomic mass is 32.1. The molecule has 0 radical (unpaired) electrons. The Kier molecular flexibility index (Phi) is 15.2. The van der Waals surface area contributed by atoms with Crippen molar-refractivity contribution < 1.29 is 53.5 Å². The van der Waals surface area contributed by atoms with Crippen LogP contribution in [-0.4, -0.2) is 0 Å². The molecular formula is C82H60F4N4O4S3+4. The first kappa shape index (κ1) is 61.1. The van der Waals surface area contributed by atoms with Crippen molar-refractivity contribution in [2.75, 3.05) is 0 Å². The smallest absolute Gasteiger partial charge is 0.273 e. The molecule has 474 valence electrons. The van der Waals surface area contributed by atoms with Gasteiger partial charge in [-0.3, -0.25) is 0 Å². The molecule has 0 saturated carbocycles. The molecule has 11 aromatic carbocycles. The SMILES string of the molecule is Cc1cc2c(cc1-c1sc3ccccc3[n+]1C)oc1cc(F)ccc12.Cc1cc2oc3cc(F)ccc3c2cc1-c1sc2ccccc2[n+]1C.Cc1ccc2c(oc3cc(F)ccc32)c1-c1cccc[n+]1C.Cc1ccc2c(oc3cc(F)ccc32)c1-c1sc2ccccc2[n+]1C. The summed E-state index contributed by atoms with van der Waals surface area (Å²) < 4.78 is 90.4. The predicted octanol–water partition coefficient (Wildman–Crippen LogP) is 21.7. The topological polar surface area (TPSA) is 68.1 Å². The molecular weight excluding hydrogens is 1280 g/mol. The van der Waals surface area contributed by atoms with E-state index in [0.29, 0.717) is 22.3 Å². The molecule has 0 atom stereocenters. The van der Waals surface area contributed by atoms with Crippen molar-refractivity contribution >= 4 is 152 Å². The van der Waals surface area contributed by atoms with E-state index in [-0.39, 0.29) is 23.3 Å². The summed E-state index contributed by atoms with van der Waals surface area (Å²) in [5.41, 5.74) is 19.4. The highest BCUT2D eigenvalue weighted by Gasteiger charge is 2.28. The van der Waals surface area contributed by atoms with Crippen molar-refractivity contribution in [2.45, 2.75) is 27.7 Å². The first-order valence-corrected chi connectivity index (χ1v) is 34.0. The van der Waals surface area contributed by atoms with Crippen molar-refractivity contribution in [3.63, 3.8) is 0 Å². The molecule has 8 heterocycles. The number of furan rings is 4. The van der Waals surface area contributed by atoms with Gasteiger partial charge in [0.2, 0.25) is 22.2 Å². The van der Waals surface area contributed by atoms with Gasteiger partial charge in [-0.2, -0.15) is 13.7 Å². The van der Waals surface area contributed by atoms with Crippen LogP contribution in [0, 0.1) is 51.0 Å². The van der Waals surface area contributed by atoms with E-state index in [1.54, 1.807) is 58.3 Å². The molecule has 0 aliphatic rings. The van der Waals surface area contributed by atoms with Crippen molar-refractivity contribution in [3.05, 3.63) is 264 Å². The number of thiazole rings is 3. The maximum absolute atomic E-state index is 13.6. The Labute approximate surface area is 565 Å². The fourth-order valence-electron chi connectivity index (χ4n) is 13.5. The third-order valence-electron chi connectivity index (χ3n) is 18.4. The normalized spacial score (nSPS) is 11.7. The standard InChI is InChI=1S/3C21H15FNOS.C19H15FNO/c1-12-7-9-15-14-10-8-13(22)11-17(14)24-20(15)19(12)21-23(2)16-5-3-4-6-18(16)25-21;1-12-9-18-16(14-8-7-13(22)10-19(14)24-18)11-15(12)21-23(2)17-5-3-4-6-20(17)25-21;1-12-9-16-14-8-7-13(22)10-18(14)24-19(16)11-15(12)21-23(2)17-5-3-4-6-20(17)25-21;1-12-6-8-15-14-9-7-13(20)11-17(14)22-19(15)18(12)16-5-3-4-10-21(16)2/h3*3-11H,1-2H3;3-11H,1-2H3/q4*+1. The number of aromatic nitrogens is 4. The number of halogens is 4. The Morgan fingerprint density at radius 3 is 1.14 bits per heavy atom. The van der Waals surface area contributed by atoms with Crippen LogP contribution in [0.15, 0.2) is 236 Å². The molecule has 0 unspecified atom stereocenters. The number of aryl methyl sites for hydroxylation is 8. The average molecular weight is 1340 g/mol. The van der Waals surface area contributed by atoms with Crippen LogP contribution < -0.4 is 18.3 Å². The largest absolute Gasteiger partial charge is 0.456 e. The van der Waals surface area contributed by atoms with E-state index in [0.717, 1.165) is 110 Å². The lowest BCUT2D eigenvalue weighted by atomic mass is 10.0. The molecule has 0 saturated heterocycles. The van der Waals surface area contributed by atoms with Crippen LogP contribution in [0.2, 0.25) is 0 Å². The van der Waals surface area contributed by atoms with Crippen LogP contribution in [0.25, 0.3) is 161 Å². The van der Waals surface area contributed by atoms with Gasteiger partial charge in [0.05, 0.1) is 16.7 Å². The zero-order valence-corrected chi connectivity index (χ0v) is 56.4. The lowest BCUT2D eigenvalue weighted by Crippen LogP contribution is -2.30. The fraction of sp³-hybridized carbons (Fsp3) is 0.0976. The summed E-state index contributed by atoms with van der Waals surface area (Å²) in [4.78, 5) is 0. The van der Waals surface area contributed by atoms with E-state index >= 15 is 0 Å². The van der Waals surface area contributed by atoms with Crippen LogP contribution in [0.1, 0.15) is 22.3 Å². The molecule has 19 aromatic rings. The second-order valence-electron chi connectivity index (χ2n) is 24.6. The number of hydrogen-bond donors (Lipinski definition) is 0. The second-order valence-corrected chi connectivity index (χ2v) is 27.7. The highest BCUT2D eigenvalue weighted by Crippen LogP contribution is 2.43. The zero-order chi connectivity index (χ0) is 66.7. The van der Waals surface area contributed by atoms with Gasteiger partial charge in [0.1, 0.15) is 110 Å². The average Bonchev–Trinajstić information content (AvgIpc) is 1.60. The molecule has 0 spiro atoms. The lowest BCUT2D eigenvalue weighted by molar-refractivity contribution is -0.660. The van der Waals surface area contributed by atoms with Crippen LogP contribution >= 0.6 is 34.0 Å². The maximum Gasteiger partial charge on any atom is 0.273 e. The molecule has 15 heteroatoms. The van der Waals surface area contributed by atoms with Gasteiger partial charge in [-0.15, -0.1) is 0 Å². The summed E-state index contributed by atoms with van der Waals surface area (Å²) in [6.07, 6.45) is 2.01. The Morgan fingerprint density at radius 2 is 0.660 bits per heavy atom. The van der Waals surface area contributed by atoms with Gasteiger partial charge >= 0.3 is 0 Å². The first-order chi connectivity index (χ1) is 47.0. The van der Waals surface area contributed by atoms with Crippen molar-refractivity contribution in [1.29, 1.82) is 0 Å². The minimum atomic E-state index is -0.282. The van der Waals surface area contributed by atoms with E-state index in [4.69, 9.17) is 17.7 Å². The summed E-state index contributed by atoms with van der Waals surface area (Å²) in [6, 6.07) is 66.8. The third-order valence-corrected chi connectivity index (χ3v) is 22.1. The molecule has 19 rings (SSSR count). The second kappa shape index (κ2) is 24.1. The Bertz CT molecular complexity index is 6380. The molecule has 8 aromatic heterocycles. The molecule has 0 aliphatic heterocycles. The van der Waals surface area contributed by atoms with Crippen LogP contribution in [-0.2, 0) is 28.2 Å². The summed E-state index contributed by atoms with van der Waals surface area (Å²) in [7, 11) is 8.27. The number of rotatable bonds is 4. The summed E-state index contributed by atoms with van der Waals surface area (Å²) in [5, 5.41) is 11.4. The lowest BCUT2D eigenvalue weighted by Gasteiger charge is -2.04. The quantitative estimate of drug-likeness (QED) is 0.130. The van der Waals surface area contributed by atoms with Crippen molar-refractivity contribution in [3.8, 4) is 43.0 Å². The van der Waals surface area contributed by atoms with Crippen LogP contribution in [0.3, 0.4) is 0 Å². The minimum absolute atomic E-state index is 0.278. The van der Waals surface area contributed by atoms with E-state index in [1.165, 1.54) is 100 Å². The summed E-state index contributed by atoms with van der Waals surface area (Å²) >= 11 is 5.30. The molecule has 0 aliphatic carbocycles. The molecule has 0 N–H and O–H groups in total. The van der Waals surface area contributed by atoms with Gasteiger partial charge in [-0.1, -0.05) is 94.7 Å². The van der Waals surface area contributed by atoms with Gasteiger partial charge < -0.3 is 17.7 Å². The predicted molar refractivity (Wildman–Crippen MR) is 386 cm³/mol. The molecule has 0 bridgehead atoms. The van der Waals surface area contributed by atoms with E-state index in [2.05, 4.69) is 182 Å². The number of benzene rings is 11. The van der Waals surface area contributed by atoms with Crippen LogP contribution in [0.5, 0.6) is 0 Å². The van der Waals surface area contributed by atoms with E-state index < -0.39 is 0 Å². The molecule has 0 amide bonds. The van der Waals surface area contributed by atoms with Gasteiger partial charge in [-0.25, -0.2) is 22.1 Å². The summed E-state index contributed by atoms with van der Waals surface area (Å²) in [6.45, 7) is 8.36. The van der Waals surface area contributed by atoms with Gasteiger partial charge in [-0.05, 0) is 147 Å². The van der Waals surface area contributed by atoms with Crippen molar-refractivity contribution in [2.24, 2.45) is 28.2 Å². The van der Waals surface area contributed by atoms with E-state index in [1.807, 2.05) is 37.5 Å². The number of hydrogen-bond acceptors (Lipinski definition) is 7.